The van der Waals surface area contributed by atoms with Gasteiger partial charge in [0.15, 0.2) is 11.5 Å². The van der Waals surface area contributed by atoms with Crippen LogP contribution in [0.2, 0.25) is 5.02 Å². The van der Waals surface area contributed by atoms with Gasteiger partial charge >= 0.3 is 0 Å². The Labute approximate surface area is 152 Å². The van der Waals surface area contributed by atoms with Crippen LogP contribution in [0, 0.1) is 10.1 Å². The molecule has 1 saturated heterocycles. The molecule has 3 rings (SSSR count). The van der Waals surface area contributed by atoms with E-state index in [1.807, 2.05) is 16.7 Å². The number of nitrogens with two attached hydrogens (primary N) is 1. The first-order valence-corrected chi connectivity index (χ1v) is 8.06. The largest absolute Gasteiger partial charge is 0.409 e. The number of nitro groups is 1. The van der Waals surface area contributed by atoms with Crippen LogP contribution in [-0.2, 0) is 0 Å². The van der Waals surface area contributed by atoms with Crippen LogP contribution in [0.1, 0.15) is 12.6 Å². The van der Waals surface area contributed by atoms with Crippen molar-refractivity contribution >= 4 is 34.6 Å². The van der Waals surface area contributed by atoms with Gasteiger partial charge in [0.1, 0.15) is 0 Å². The maximum atomic E-state index is 10.8. The molecule has 138 valence electrons. The second-order valence-corrected chi connectivity index (χ2v) is 6.21. The minimum atomic E-state index is -0.490. The molecular formula is C14H16ClN7O4. The molecule has 0 aliphatic carbocycles. The van der Waals surface area contributed by atoms with E-state index in [0.717, 1.165) is 0 Å². The standard InChI is InChI=1S/C14H16ClN7O4/c1-8-7-20(11-3-2-9(22(24)25)6-10(11)15)4-5-21(8)14(17-23)12-13(16)19-26-18-12/h2-3,6,8,23H,4-5,7H2,1H3,(H2,16,19). The van der Waals surface area contributed by atoms with Crippen molar-refractivity contribution < 1.29 is 14.8 Å². The highest BCUT2D eigenvalue weighted by molar-refractivity contribution is 6.33. The number of anilines is 2. The number of benzene rings is 1. The summed E-state index contributed by atoms with van der Waals surface area (Å²) < 4.78 is 4.56. The maximum Gasteiger partial charge on any atom is 0.271 e. The van der Waals surface area contributed by atoms with E-state index in [9.17, 15) is 15.3 Å². The van der Waals surface area contributed by atoms with Crippen molar-refractivity contribution in [2.24, 2.45) is 5.16 Å². The Balaban J connectivity index is 1.78. The van der Waals surface area contributed by atoms with Crippen molar-refractivity contribution in [2.45, 2.75) is 13.0 Å². The number of aromatic nitrogens is 2. The first kappa shape index (κ1) is 17.7. The van der Waals surface area contributed by atoms with Gasteiger partial charge in [0, 0.05) is 37.8 Å². The van der Waals surface area contributed by atoms with Gasteiger partial charge < -0.3 is 20.7 Å². The molecule has 1 aliphatic heterocycles. The van der Waals surface area contributed by atoms with Gasteiger partial charge in [-0.1, -0.05) is 16.8 Å². The number of rotatable bonds is 3. The molecule has 0 radical (unpaired) electrons. The summed E-state index contributed by atoms with van der Waals surface area (Å²) in [5, 5.41) is 31.0. The van der Waals surface area contributed by atoms with Crippen LogP contribution in [-0.4, -0.2) is 56.9 Å². The summed E-state index contributed by atoms with van der Waals surface area (Å²) in [6.07, 6.45) is 0. The van der Waals surface area contributed by atoms with Crippen LogP contribution < -0.4 is 10.6 Å². The Morgan fingerprint density at radius 3 is 2.81 bits per heavy atom. The number of hydrogen-bond acceptors (Lipinski definition) is 9. The molecule has 12 heteroatoms. The van der Waals surface area contributed by atoms with Crippen molar-refractivity contribution in [1.82, 2.24) is 15.2 Å². The highest BCUT2D eigenvalue weighted by atomic mass is 35.5. The number of piperazine rings is 1. The predicted molar refractivity (Wildman–Crippen MR) is 93.5 cm³/mol. The van der Waals surface area contributed by atoms with Gasteiger partial charge in [-0.2, -0.15) is 0 Å². The molecule has 26 heavy (non-hydrogen) atoms. The minimum absolute atomic E-state index is 0.0332. The Morgan fingerprint density at radius 1 is 1.50 bits per heavy atom. The summed E-state index contributed by atoms with van der Waals surface area (Å²) in [5.41, 5.74) is 6.49. The fourth-order valence-corrected chi connectivity index (χ4v) is 3.24. The molecule has 1 aromatic heterocycles. The second-order valence-electron chi connectivity index (χ2n) is 5.80. The molecule has 11 nitrogen and oxygen atoms in total. The van der Waals surface area contributed by atoms with Crippen molar-refractivity contribution in [3.63, 3.8) is 0 Å². The normalized spacial score (nSPS) is 18.2. The zero-order chi connectivity index (χ0) is 18.8. The number of halogens is 1. The lowest BCUT2D eigenvalue weighted by Crippen LogP contribution is -2.54. The van der Waals surface area contributed by atoms with Crippen molar-refractivity contribution in [2.75, 3.05) is 30.3 Å². The molecule has 1 aliphatic rings. The smallest absolute Gasteiger partial charge is 0.271 e. The Hall–Kier alpha value is -3.08. The molecule has 1 unspecified atom stereocenters. The average molecular weight is 382 g/mol. The number of hydrogen-bond donors (Lipinski definition) is 2. The lowest BCUT2D eigenvalue weighted by Gasteiger charge is -2.41. The lowest BCUT2D eigenvalue weighted by molar-refractivity contribution is -0.384. The molecule has 2 aromatic rings. The molecule has 1 aromatic carbocycles. The third kappa shape index (κ3) is 3.20. The van der Waals surface area contributed by atoms with Gasteiger partial charge in [-0.15, -0.1) is 0 Å². The Kier molecular flexibility index (Phi) is 4.80. The van der Waals surface area contributed by atoms with E-state index in [1.54, 1.807) is 6.07 Å². The van der Waals surface area contributed by atoms with Crippen molar-refractivity contribution in [3.05, 3.63) is 39.0 Å². The molecular weight excluding hydrogens is 366 g/mol. The molecule has 1 atom stereocenters. The van der Waals surface area contributed by atoms with Crippen LogP contribution in [0.15, 0.2) is 28.0 Å². The van der Waals surface area contributed by atoms with E-state index in [1.165, 1.54) is 12.1 Å². The van der Waals surface area contributed by atoms with Crippen LogP contribution in [0.3, 0.4) is 0 Å². The van der Waals surface area contributed by atoms with Gasteiger partial charge in [-0.3, -0.25) is 10.1 Å². The van der Waals surface area contributed by atoms with Gasteiger partial charge in [0.25, 0.3) is 5.69 Å². The summed E-state index contributed by atoms with van der Waals surface area (Å²) in [5.74, 6) is 0.205. The molecule has 0 amide bonds. The molecule has 0 bridgehead atoms. The molecule has 0 saturated carbocycles. The van der Waals surface area contributed by atoms with Gasteiger partial charge in [-0.05, 0) is 23.3 Å². The summed E-state index contributed by atoms with van der Waals surface area (Å²) in [6, 6.07) is 4.29. The number of oxime groups is 1. The number of amidine groups is 1. The zero-order valence-corrected chi connectivity index (χ0v) is 14.5. The molecule has 0 spiro atoms. The third-order valence-electron chi connectivity index (χ3n) is 4.20. The fourth-order valence-electron chi connectivity index (χ4n) is 2.95. The number of nitro benzene ring substituents is 1. The fraction of sp³-hybridized carbons (Fsp3) is 0.357. The van der Waals surface area contributed by atoms with Gasteiger partial charge in [0.05, 0.1) is 15.6 Å². The third-order valence-corrected chi connectivity index (χ3v) is 4.51. The Morgan fingerprint density at radius 2 is 2.27 bits per heavy atom. The van der Waals surface area contributed by atoms with E-state index in [-0.39, 0.29) is 29.1 Å². The molecule has 2 heterocycles. The lowest BCUT2D eigenvalue weighted by atomic mass is 10.1. The highest BCUT2D eigenvalue weighted by Crippen LogP contribution is 2.31. The van der Waals surface area contributed by atoms with Crippen LogP contribution >= 0.6 is 11.6 Å². The quantitative estimate of drug-likeness (QED) is 0.265. The van der Waals surface area contributed by atoms with E-state index in [4.69, 9.17) is 17.3 Å². The maximum absolute atomic E-state index is 10.8. The minimum Gasteiger partial charge on any atom is -0.409 e. The van der Waals surface area contributed by atoms with E-state index in [2.05, 4.69) is 20.1 Å². The van der Waals surface area contributed by atoms with E-state index in [0.29, 0.717) is 30.3 Å². The van der Waals surface area contributed by atoms with Crippen molar-refractivity contribution in [3.8, 4) is 0 Å². The van der Waals surface area contributed by atoms with Crippen LogP contribution in [0.25, 0.3) is 0 Å². The summed E-state index contributed by atoms with van der Waals surface area (Å²) in [4.78, 5) is 14.2. The Bertz CT molecular complexity index is 856. The van der Waals surface area contributed by atoms with E-state index >= 15 is 0 Å². The van der Waals surface area contributed by atoms with Crippen LogP contribution in [0.5, 0.6) is 0 Å². The first-order chi connectivity index (χ1) is 12.4. The van der Waals surface area contributed by atoms with Crippen LogP contribution in [0.4, 0.5) is 17.2 Å². The summed E-state index contributed by atoms with van der Waals surface area (Å²) >= 11 is 6.21. The predicted octanol–water partition coefficient (Wildman–Crippen LogP) is 1.56. The molecule has 3 N–H and O–H groups in total. The SMILES string of the molecule is CC1CN(c2ccc([N+](=O)[O-])cc2Cl)CCN1C(=NO)c1nonc1N. The average Bonchev–Trinajstić information content (AvgIpc) is 3.02. The van der Waals surface area contributed by atoms with Crippen molar-refractivity contribution in [1.29, 1.82) is 0 Å². The first-order valence-electron chi connectivity index (χ1n) is 7.68. The van der Waals surface area contributed by atoms with Gasteiger partial charge in [-0.25, -0.2) is 4.63 Å². The van der Waals surface area contributed by atoms with Gasteiger partial charge in [0.2, 0.25) is 5.84 Å². The zero-order valence-electron chi connectivity index (χ0n) is 13.7. The number of nitrogens with zero attached hydrogens (tertiary/aromatic N) is 6. The second kappa shape index (κ2) is 7.04. The summed E-state index contributed by atoms with van der Waals surface area (Å²) in [7, 11) is 0. The summed E-state index contributed by atoms with van der Waals surface area (Å²) in [6.45, 7) is 3.51. The van der Waals surface area contributed by atoms with E-state index < -0.39 is 4.92 Å². The monoisotopic (exact) mass is 381 g/mol. The topological polar surface area (TPSA) is 147 Å². The number of non-ortho nitro benzene ring substituents is 1. The number of nitrogen functional groups attached to an aromatic ring is 1. The highest BCUT2D eigenvalue weighted by Gasteiger charge is 2.31. The molecule has 1 fully saturated rings.